The maximum absolute atomic E-state index is 10.3. The molecule has 0 rings (SSSR count). The van der Waals surface area contributed by atoms with Gasteiger partial charge >= 0.3 is 5.97 Å². The van der Waals surface area contributed by atoms with Crippen LogP contribution in [0.3, 0.4) is 0 Å². The highest BCUT2D eigenvalue weighted by atomic mass is 16.4. The summed E-state index contributed by atoms with van der Waals surface area (Å²) in [4.78, 5) is 10.3. The molecule has 0 unspecified atom stereocenters. The van der Waals surface area contributed by atoms with Gasteiger partial charge < -0.3 is 5.11 Å². The number of hydrogen-bond acceptors (Lipinski definition) is 1. The van der Waals surface area contributed by atoms with E-state index >= 15 is 0 Å². The average Bonchev–Trinajstić information content (AvgIpc) is 2.50. The van der Waals surface area contributed by atoms with Crippen LogP contribution in [0.25, 0.3) is 0 Å². The summed E-state index contributed by atoms with van der Waals surface area (Å²) in [7, 11) is 0. The Hall–Kier alpha value is -1.57. The first-order chi connectivity index (χ1) is 10.8. The van der Waals surface area contributed by atoms with Gasteiger partial charge in [0.2, 0.25) is 0 Å². The van der Waals surface area contributed by atoms with E-state index in [1.54, 1.807) is 0 Å². The molecule has 2 heteroatoms. The molecule has 0 aliphatic rings. The lowest BCUT2D eigenvalue weighted by atomic mass is 10.2. The third-order valence-electron chi connectivity index (χ3n) is 3.22. The highest BCUT2D eigenvalue weighted by molar-refractivity contribution is 5.66. The molecular weight excluding hydrogens is 272 g/mol. The van der Waals surface area contributed by atoms with E-state index in [-0.39, 0.29) is 6.42 Å². The summed E-state index contributed by atoms with van der Waals surface area (Å²) in [5.41, 5.74) is 0. The van der Waals surface area contributed by atoms with Crippen LogP contribution < -0.4 is 0 Å². The third kappa shape index (κ3) is 18.4. The van der Waals surface area contributed by atoms with Gasteiger partial charge in [-0.1, -0.05) is 68.4 Å². The maximum Gasteiger partial charge on any atom is 0.303 e. The molecule has 124 valence electrons. The SMILES string of the molecule is CCCCCC=CC=CCCC=CCC=CCCCC(=O)O. The molecule has 0 amide bonds. The summed E-state index contributed by atoms with van der Waals surface area (Å²) in [5.74, 6) is -0.711. The Balaban J connectivity index is 3.39. The molecule has 0 aliphatic carbocycles. The van der Waals surface area contributed by atoms with Crippen LogP contribution in [-0.4, -0.2) is 11.1 Å². The van der Waals surface area contributed by atoms with Crippen molar-refractivity contribution in [2.45, 2.75) is 71.1 Å². The number of carboxylic acid groups (broad SMARTS) is 1. The van der Waals surface area contributed by atoms with E-state index in [1.165, 1.54) is 25.7 Å². The molecule has 0 bridgehead atoms. The number of hydrogen-bond donors (Lipinski definition) is 1. The van der Waals surface area contributed by atoms with Crippen LogP contribution in [0, 0.1) is 0 Å². The van der Waals surface area contributed by atoms with Gasteiger partial charge in [0.1, 0.15) is 0 Å². The summed E-state index contributed by atoms with van der Waals surface area (Å²) in [5, 5.41) is 8.49. The zero-order chi connectivity index (χ0) is 16.3. The van der Waals surface area contributed by atoms with Gasteiger partial charge in [-0.2, -0.15) is 0 Å². The predicted molar refractivity (Wildman–Crippen MR) is 96.0 cm³/mol. The Morgan fingerprint density at radius 2 is 1.36 bits per heavy atom. The highest BCUT2D eigenvalue weighted by Gasteiger charge is 1.92. The van der Waals surface area contributed by atoms with Gasteiger partial charge in [0.05, 0.1) is 0 Å². The minimum Gasteiger partial charge on any atom is -0.481 e. The number of carbonyl (C=O) groups is 1. The number of carboxylic acids is 1. The van der Waals surface area contributed by atoms with Gasteiger partial charge in [-0.15, -0.1) is 0 Å². The van der Waals surface area contributed by atoms with Gasteiger partial charge in [0.25, 0.3) is 0 Å². The number of rotatable bonds is 14. The molecular formula is C20H32O2. The van der Waals surface area contributed by atoms with E-state index in [0.29, 0.717) is 0 Å². The lowest BCUT2D eigenvalue weighted by Crippen LogP contribution is -1.92. The Bertz CT molecular complexity index is 362. The monoisotopic (exact) mass is 304 g/mol. The maximum atomic E-state index is 10.3. The molecule has 0 saturated heterocycles. The Labute approximate surface area is 136 Å². The van der Waals surface area contributed by atoms with Crippen molar-refractivity contribution >= 4 is 5.97 Å². The van der Waals surface area contributed by atoms with Crippen LogP contribution in [0.2, 0.25) is 0 Å². The van der Waals surface area contributed by atoms with E-state index in [4.69, 9.17) is 5.11 Å². The zero-order valence-corrected chi connectivity index (χ0v) is 14.0. The van der Waals surface area contributed by atoms with Crippen LogP contribution in [0.5, 0.6) is 0 Å². The minimum atomic E-state index is -0.711. The lowest BCUT2D eigenvalue weighted by molar-refractivity contribution is -0.137. The summed E-state index contributed by atoms with van der Waals surface area (Å²) in [6, 6.07) is 0. The fourth-order valence-corrected chi connectivity index (χ4v) is 1.93. The van der Waals surface area contributed by atoms with Crippen molar-refractivity contribution in [1.82, 2.24) is 0 Å². The number of aliphatic carboxylic acids is 1. The van der Waals surface area contributed by atoms with E-state index in [2.05, 4.69) is 55.5 Å². The van der Waals surface area contributed by atoms with E-state index < -0.39 is 5.97 Å². The van der Waals surface area contributed by atoms with Crippen LogP contribution in [-0.2, 0) is 4.79 Å². The van der Waals surface area contributed by atoms with Gasteiger partial charge in [-0.05, 0) is 44.9 Å². The van der Waals surface area contributed by atoms with Crippen LogP contribution in [0.15, 0.2) is 48.6 Å². The second-order valence-corrected chi connectivity index (χ2v) is 5.39. The van der Waals surface area contributed by atoms with Gasteiger partial charge in [0, 0.05) is 6.42 Å². The zero-order valence-electron chi connectivity index (χ0n) is 14.0. The smallest absolute Gasteiger partial charge is 0.303 e. The fourth-order valence-electron chi connectivity index (χ4n) is 1.93. The molecule has 2 nitrogen and oxygen atoms in total. The van der Waals surface area contributed by atoms with Crippen LogP contribution in [0.1, 0.15) is 71.1 Å². The van der Waals surface area contributed by atoms with Crippen molar-refractivity contribution in [3.8, 4) is 0 Å². The minimum absolute atomic E-state index is 0.263. The molecule has 0 radical (unpaired) electrons. The van der Waals surface area contributed by atoms with Crippen molar-refractivity contribution in [1.29, 1.82) is 0 Å². The predicted octanol–water partition coefficient (Wildman–Crippen LogP) is 6.22. The lowest BCUT2D eigenvalue weighted by Gasteiger charge is -1.90. The van der Waals surface area contributed by atoms with E-state index in [9.17, 15) is 4.79 Å². The number of allylic oxidation sites excluding steroid dienone is 8. The second-order valence-electron chi connectivity index (χ2n) is 5.39. The largest absolute Gasteiger partial charge is 0.481 e. The molecule has 22 heavy (non-hydrogen) atoms. The van der Waals surface area contributed by atoms with Crippen LogP contribution in [0.4, 0.5) is 0 Å². The molecule has 0 aromatic rings. The van der Waals surface area contributed by atoms with E-state index in [0.717, 1.165) is 32.1 Å². The van der Waals surface area contributed by atoms with Gasteiger partial charge in [-0.25, -0.2) is 0 Å². The molecule has 1 N–H and O–H groups in total. The normalized spacial score (nSPS) is 12.4. The molecule has 0 aromatic carbocycles. The summed E-state index contributed by atoms with van der Waals surface area (Å²) >= 11 is 0. The second kappa shape index (κ2) is 17.5. The average molecular weight is 304 g/mol. The Morgan fingerprint density at radius 3 is 2.05 bits per heavy atom. The molecule has 0 heterocycles. The highest BCUT2D eigenvalue weighted by Crippen LogP contribution is 2.01. The first kappa shape index (κ1) is 20.4. The quantitative estimate of drug-likeness (QED) is 0.235. The standard InChI is InChI=1S/C20H32O2/c1-2-3-4-5-6-7-8-9-10-11-12-13-14-15-16-17-18-19-20(21)22/h6-9,12-13,15-16H,2-5,10-11,14,17-19H2,1H3,(H,21,22). The topological polar surface area (TPSA) is 37.3 Å². The van der Waals surface area contributed by atoms with Gasteiger partial charge in [0.15, 0.2) is 0 Å². The molecule has 0 aromatic heterocycles. The Kier molecular flexibility index (Phi) is 16.2. The van der Waals surface area contributed by atoms with Crippen molar-refractivity contribution < 1.29 is 9.90 Å². The molecule has 0 aliphatic heterocycles. The van der Waals surface area contributed by atoms with Crippen molar-refractivity contribution in [3.05, 3.63) is 48.6 Å². The third-order valence-corrected chi connectivity index (χ3v) is 3.22. The van der Waals surface area contributed by atoms with Gasteiger partial charge in [-0.3, -0.25) is 4.79 Å². The summed E-state index contributed by atoms with van der Waals surface area (Å²) in [6.07, 6.45) is 27.3. The molecule has 0 atom stereocenters. The van der Waals surface area contributed by atoms with Crippen LogP contribution >= 0.6 is 0 Å². The molecule has 0 saturated carbocycles. The summed E-state index contributed by atoms with van der Waals surface area (Å²) in [6.45, 7) is 2.23. The van der Waals surface area contributed by atoms with Crippen molar-refractivity contribution in [3.63, 3.8) is 0 Å². The molecule has 0 fully saturated rings. The number of unbranched alkanes of at least 4 members (excludes halogenated alkanes) is 5. The summed E-state index contributed by atoms with van der Waals surface area (Å²) < 4.78 is 0. The molecule has 0 spiro atoms. The first-order valence-electron chi connectivity index (χ1n) is 8.60. The van der Waals surface area contributed by atoms with E-state index in [1.807, 2.05) is 0 Å². The first-order valence-corrected chi connectivity index (χ1v) is 8.60. The Morgan fingerprint density at radius 1 is 0.773 bits per heavy atom. The van der Waals surface area contributed by atoms with Crippen molar-refractivity contribution in [2.24, 2.45) is 0 Å². The van der Waals surface area contributed by atoms with Crippen molar-refractivity contribution in [2.75, 3.05) is 0 Å². The fraction of sp³-hybridized carbons (Fsp3) is 0.550.